The van der Waals surface area contributed by atoms with Crippen LogP contribution in [0.1, 0.15) is 73.0 Å². The van der Waals surface area contributed by atoms with Gasteiger partial charge in [-0.3, -0.25) is 0 Å². The molecular weight excluding hydrogens is 254 g/mol. The second-order valence-electron chi connectivity index (χ2n) is 6.01. The lowest BCUT2D eigenvalue weighted by molar-refractivity contribution is 0.0672. The van der Waals surface area contributed by atoms with Crippen LogP contribution in [-0.4, -0.2) is 28.9 Å². The van der Waals surface area contributed by atoms with Crippen LogP contribution in [0.25, 0.3) is 0 Å². The van der Waals surface area contributed by atoms with E-state index >= 15 is 0 Å². The number of hydrogen-bond donors (Lipinski definition) is 1. The molecule has 0 radical (unpaired) electrons. The highest BCUT2D eigenvalue weighted by molar-refractivity contribution is 5.89. The van der Waals surface area contributed by atoms with Crippen molar-refractivity contribution in [1.29, 1.82) is 0 Å². The minimum absolute atomic E-state index is 0.411. The molecule has 1 saturated heterocycles. The molecule has 2 heterocycles. The van der Waals surface area contributed by atoms with Crippen LogP contribution in [0.4, 0.5) is 0 Å². The third kappa shape index (κ3) is 2.62. The third-order valence-electron chi connectivity index (χ3n) is 4.76. The first-order chi connectivity index (χ1) is 9.77. The number of carbonyl (C=O) groups is 1. The first-order valence-electron chi connectivity index (χ1n) is 7.79. The summed E-state index contributed by atoms with van der Waals surface area (Å²) < 4.78 is 7.68. The van der Waals surface area contributed by atoms with E-state index in [9.17, 15) is 9.90 Å². The van der Waals surface area contributed by atoms with Crippen LogP contribution in [0.5, 0.6) is 0 Å². The third-order valence-corrected chi connectivity index (χ3v) is 4.76. The molecule has 1 aliphatic heterocycles. The van der Waals surface area contributed by atoms with Gasteiger partial charge in [0.25, 0.3) is 0 Å². The number of carboxylic acid groups (broad SMARTS) is 1. The summed E-state index contributed by atoms with van der Waals surface area (Å²) in [6, 6.07) is 2.20. The van der Waals surface area contributed by atoms with Gasteiger partial charge in [-0.05, 0) is 31.7 Å². The highest BCUT2D eigenvalue weighted by Crippen LogP contribution is 2.37. The number of nitrogens with zero attached hydrogens (tertiary/aromatic N) is 1. The Morgan fingerprint density at radius 2 is 1.85 bits per heavy atom. The van der Waals surface area contributed by atoms with Crippen LogP contribution >= 0.6 is 0 Å². The molecular formula is C16H23NO3. The Morgan fingerprint density at radius 1 is 1.15 bits per heavy atom. The Bertz CT molecular complexity index is 468. The molecule has 4 nitrogen and oxygen atoms in total. The molecule has 110 valence electrons. The summed E-state index contributed by atoms with van der Waals surface area (Å²) in [5.41, 5.74) is 1.59. The van der Waals surface area contributed by atoms with Gasteiger partial charge in [0.05, 0.1) is 5.56 Å². The van der Waals surface area contributed by atoms with Gasteiger partial charge in [-0.15, -0.1) is 0 Å². The Balaban J connectivity index is 1.94. The molecule has 1 aromatic rings. The van der Waals surface area contributed by atoms with Gasteiger partial charge < -0.3 is 14.4 Å². The van der Waals surface area contributed by atoms with Crippen LogP contribution in [0.15, 0.2) is 12.3 Å². The lowest BCUT2D eigenvalue weighted by Crippen LogP contribution is -2.23. The molecule has 3 rings (SSSR count). The number of aromatic carboxylic acids is 1. The number of ether oxygens (including phenoxy) is 1. The molecule has 1 saturated carbocycles. The molecule has 2 aliphatic rings. The Morgan fingerprint density at radius 3 is 2.50 bits per heavy atom. The van der Waals surface area contributed by atoms with E-state index in [4.69, 9.17) is 4.74 Å². The predicted molar refractivity (Wildman–Crippen MR) is 76.3 cm³/mol. The van der Waals surface area contributed by atoms with Gasteiger partial charge in [-0.2, -0.15) is 0 Å². The Hall–Kier alpha value is -1.29. The number of aromatic nitrogens is 1. The number of rotatable bonds is 3. The van der Waals surface area contributed by atoms with E-state index in [1.54, 1.807) is 6.07 Å². The molecule has 0 unspecified atom stereocenters. The number of carboxylic acids is 1. The van der Waals surface area contributed by atoms with Crippen molar-refractivity contribution in [2.75, 3.05) is 13.2 Å². The van der Waals surface area contributed by atoms with E-state index in [1.165, 1.54) is 19.3 Å². The monoisotopic (exact) mass is 277 g/mol. The van der Waals surface area contributed by atoms with Gasteiger partial charge in [0.2, 0.25) is 0 Å². The fourth-order valence-corrected chi connectivity index (χ4v) is 3.73. The van der Waals surface area contributed by atoms with E-state index in [-0.39, 0.29) is 0 Å². The zero-order valence-electron chi connectivity index (χ0n) is 11.9. The van der Waals surface area contributed by atoms with Crippen LogP contribution in [0.2, 0.25) is 0 Å². The van der Waals surface area contributed by atoms with Crippen molar-refractivity contribution in [1.82, 2.24) is 4.57 Å². The molecule has 1 aliphatic carbocycles. The Labute approximate surface area is 119 Å². The van der Waals surface area contributed by atoms with E-state index in [0.29, 0.717) is 17.5 Å². The molecule has 1 aromatic heterocycles. The molecule has 0 spiro atoms. The van der Waals surface area contributed by atoms with E-state index < -0.39 is 5.97 Å². The average Bonchev–Trinajstić information content (AvgIpc) is 2.94. The van der Waals surface area contributed by atoms with Crippen molar-refractivity contribution < 1.29 is 14.6 Å². The lowest BCUT2D eigenvalue weighted by atomic mass is 9.85. The summed E-state index contributed by atoms with van der Waals surface area (Å²) in [7, 11) is 0. The van der Waals surface area contributed by atoms with Gasteiger partial charge >= 0.3 is 5.97 Å². The van der Waals surface area contributed by atoms with E-state index in [2.05, 4.69) is 4.57 Å². The van der Waals surface area contributed by atoms with Crippen molar-refractivity contribution in [3.8, 4) is 0 Å². The molecule has 0 amide bonds. The lowest BCUT2D eigenvalue weighted by Gasteiger charge is -2.30. The molecule has 1 N–H and O–H groups in total. The normalized spacial score (nSPS) is 22.0. The molecule has 0 atom stereocenters. The van der Waals surface area contributed by atoms with Crippen molar-refractivity contribution >= 4 is 5.97 Å². The largest absolute Gasteiger partial charge is 0.478 e. The van der Waals surface area contributed by atoms with Crippen LogP contribution in [0, 0.1) is 0 Å². The fraction of sp³-hybridized carbons (Fsp3) is 0.688. The second-order valence-corrected chi connectivity index (χ2v) is 6.01. The number of hydrogen-bond acceptors (Lipinski definition) is 2. The topological polar surface area (TPSA) is 51.5 Å². The molecule has 4 heteroatoms. The Kier molecular flexibility index (Phi) is 4.10. The fourth-order valence-electron chi connectivity index (χ4n) is 3.73. The van der Waals surface area contributed by atoms with Gasteiger partial charge in [-0.1, -0.05) is 19.3 Å². The SMILES string of the molecule is O=C(O)c1ccn(C2CCOCC2)c1C1CCCCC1. The quantitative estimate of drug-likeness (QED) is 0.918. The summed E-state index contributed by atoms with van der Waals surface area (Å²) in [5, 5.41) is 9.47. The summed E-state index contributed by atoms with van der Waals surface area (Å²) >= 11 is 0. The van der Waals surface area contributed by atoms with Crippen molar-refractivity contribution in [2.24, 2.45) is 0 Å². The van der Waals surface area contributed by atoms with E-state index in [0.717, 1.165) is 44.6 Å². The minimum Gasteiger partial charge on any atom is -0.478 e. The van der Waals surface area contributed by atoms with Crippen molar-refractivity contribution in [2.45, 2.75) is 56.9 Å². The highest BCUT2D eigenvalue weighted by Gasteiger charge is 2.28. The van der Waals surface area contributed by atoms with Gasteiger partial charge in [0.15, 0.2) is 0 Å². The first-order valence-corrected chi connectivity index (χ1v) is 7.79. The smallest absolute Gasteiger partial charge is 0.337 e. The standard InChI is InChI=1S/C16H23NO3/c18-16(19)14-6-9-17(13-7-10-20-11-8-13)15(14)12-4-2-1-3-5-12/h6,9,12-13H,1-5,7-8,10-11H2,(H,18,19). The summed E-state index contributed by atoms with van der Waals surface area (Å²) in [6.45, 7) is 1.57. The molecule has 0 bridgehead atoms. The van der Waals surface area contributed by atoms with Crippen molar-refractivity contribution in [3.05, 3.63) is 23.5 Å². The van der Waals surface area contributed by atoms with Gasteiger partial charge in [-0.25, -0.2) is 4.79 Å². The van der Waals surface area contributed by atoms with Gasteiger partial charge in [0.1, 0.15) is 0 Å². The zero-order valence-corrected chi connectivity index (χ0v) is 11.9. The molecule has 20 heavy (non-hydrogen) atoms. The molecule has 0 aromatic carbocycles. The maximum Gasteiger partial charge on any atom is 0.337 e. The minimum atomic E-state index is -0.781. The zero-order chi connectivity index (χ0) is 13.9. The van der Waals surface area contributed by atoms with Crippen LogP contribution in [-0.2, 0) is 4.74 Å². The summed E-state index contributed by atoms with van der Waals surface area (Å²) in [5.74, 6) is -0.357. The van der Waals surface area contributed by atoms with Gasteiger partial charge in [0, 0.05) is 37.1 Å². The van der Waals surface area contributed by atoms with Crippen LogP contribution < -0.4 is 0 Å². The maximum atomic E-state index is 11.5. The second kappa shape index (κ2) is 6.00. The maximum absolute atomic E-state index is 11.5. The van der Waals surface area contributed by atoms with Crippen molar-refractivity contribution in [3.63, 3.8) is 0 Å². The predicted octanol–water partition coefficient (Wildman–Crippen LogP) is 3.59. The van der Waals surface area contributed by atoms with Crippen LogP contribution in [0.3, 0.4) is 0 Å². The summed E-state index contributed by atoms with van der Waals surface area (Å²) in [6.07, 6.45) is 9.98. The highest BCUT2D eigenvalue weighted by atomic mass is 16.5. The summed E-state index contributed by atoms with van der Waals surface area (Å²) in [4.78, 5) is 11.5. The average molecular weight is 277 g/mol. The first kappa shape index (κ1) is 13.7. The molecule has 2 fully saturated rings. The van der Waals surface area contributed by atoms with E-state index in [1.807, 2.05) is 6.20 Å².